The number of nitrogens with zero attached hydrogens (tertiary/aromatic N) is 4. The van der Waals surface area contributed by atoms with E-state index in [0.717, 1.165) is 34.9 Å². The Morgan fingerprint density at radius 2 is 1.76 bits per heavy atom. The summed E-state index contributed by atoms with van der Waals surface area (Å²) < 4.78 is 8.72. The highest BCUT2D eigenvalue weighted by molar-refractivity contribution is 6.10. The van der Waals surface area contributed by atoms with Crippen LogP contribution in [0, 0.1) is 13.8 Å². The number of hydrogen-bond donors (Lipinski definition) is 0. The fraction of sp³-hybridized carbons (Fsp3) is 0.121. The van der Waals surface area contributed by atoms with E-state index in [1.807, 2.05) is 24.4 Å². The zero-order valence-electron chi connectivity index (χ0n) is 21.7. The van der Waals surface area contributed by atoms with Gasteiger partial charge >= 0.3 is 0 Å². The summed E-state index contributed by atoms with van der Waals surface area (Å²) >= 11 is 0. The number of aromatic nitrogens is 2. The zero-order valence-corrected chi connectivity index (χ0v) is 21.7. The zero-order chi connectivity index (χ0) is 25.8. The van der Waals surface area contributed by atoms with Crippen molar-refractivity contribution in [2.75, 3.05) is 13.6 Å². The van der Waals surface area contributed by atoms with Crippen LogP contribution in [0.3, 0.4) is 0 Å². The number of hydrogen-bond acceptors (Lipinski definition) is 4. The van der Waals surface area contributed by atoms with Crippen molar-refractivity contribution in [1.82, 2.24) is 19.4 Å². The van der Waals surface area contributed by atoms with E-state index in [4.69, 9.17) is 9.72 Å². The Bertz CT molecular complexity index is 1810. The minimum Gasteiger partial charge on any atom is -0.457 e. The molecule has 5 aromatic rings. The van der Waals surface area contributed by atoms with Crippen LogP contribution in [0.15, 0.2) is 109 Å². The van der Waals surface area contributed by atoms with Crippen molar-refractivity contribution in [2.24, 2.45) is 0 Å². The quantitative estimate of drug-likeness (QED) is 0.257. The normalized spacial score (nSPS) is 14.7. The van der Waals surface area contributed by atoms with Crippen LogP contribution in [-0.2, 0) is 0 Å². The van der Waals surface area contributed by atoms with Gasteiger partial charge in [0, 0.05) is 48.4 Å². The molecule has 2 aliphatic heterocycles. The molecule has 7 rings (SSSR count). The minimum absolute atomic E-state index is 0.794. The maximum absolute atomic E-state index is 6.47. The van der Waals surface area contributed by atoms with Crippen LogP contribution >= 0.6 is 0 Å². The summed E-state index contributed by atoms with van der Waals surface area (Å²) in [4.78, 5) is 9.18. The molecule has 2 aliphatic rings. The lowest BCUT2D eigenvalue weighted by atomic mass is 10.1. The first-order chi connectivity index (χ1) is 18.6. The van der Waals surface area contributed by atoms with E-state index < -0.39 is 0 Å². The maximum atomic E-state index is 6.47. The number of allylic oxidation sites excluding steroid dienone is 2. The largest absolute Gasteiger partial charge is 0.457 e. The number of benzene rings is 3. The Kier molecular flexibility index (Phi) is 5.11. The first kappa shape index (κ1) is 22.4. The second-order valence-corrected chi connectivity index (χ2v) is 10.00. The molecule has 0 saturated carbocycles. The van der Waals surface area contributed by atoms with Gasteiger partial charge in [-0.15, -0.1) is 0 Å². The summed E-state index contributed by atoms with van der Waals surface area (Å²) in [6, 6.07) is 25.2. The van der Waals surface area contributed by atoms with E-state index >= 15 is 0 Å². The smallest absolute Gasteiger partial charge is 0.137 e. The molecule has 0 bridgehead atoms. The van der Waals surface area contributed by atoms with Gasteiger partial charge in [0.25, 0.3) is 0 Å². The molecule has 5 heteroatoms. The van der Waals surface area contributed by atoms with Gasteiger partial charge in [0.2, 0.25) is 0 Å². The van der Waals surface area contributed by atoms with Crippen LogP contribution < -0.4 is 4.74 Å². The lowest BCUT2D eigenvalue weighted by molar-refractivity contribution is 0.426. The Morgan fingerprint density at radius 1 is 0.868 bits per heavy atom. The molecule has 0 amide bonds. The van der Waals surface area contributed by atoms with Crippen molar-refractivity contribution in [1.29, 1.82) is 0 Å². The fourth-order valence-corrected chi connectivity index (χ4v) is 5.73. The van der Waals surface area contributed by atoms with Gasteiger partial charge in [0.1, 0.15) is 23.1 Å². The Morgan fingerprint density at radius 3 is 2.63 bits per heavy atom. The summed E-state index contributed by atoms with van der Waals surface area (Å²) in [5.41, 5.74) is 7.04. The number of rotatable bonds is 4. The molecule has 3 aromatic carbocycles. The van der Waals surface area contributed by atoms with E-state index in [9.17, 15) is 0 Å². The van der Waals surface area contributed by atoms with Gasteiger partial charge in [-0.1, -0.05) is 42.0 Å². The molecule has 0 saturated heterocycles. The Balaban J connectivity index is 1.31. The van der Waals surface area contributed by atoms with Gasteiger partial charge in [-0.2, -0.15) is 0 Å². The van der Waals surface area contributed by atoms with Crippen LogP contribution in [0.2, 0.25) is 0 Å². The molecule has 4 heterocycles. The third kappa shape index (κ3) is 3.58. The molecule has 0 aliphatic carbocycles. The lowest BCUT2D eigenvalue weighted by Crippen LogP contribution is -2.24. The highest BCUT2D eigenvalue weighted by atomic mass is 16.5. The van der Waals surface area contributed by atoms with Crippen LogP contribution in [-0.4, -0.2) is 32.9 Å². The van der Waals surface area contributed by atoms with Gasteiger partial charge < -0.3 is 14.5 Å². The van der Waals surface area contributed by atoms with Crippen LogP contribution in [0.5, 0.6) is 11.5 Å². The molecular weight excluding hydrogens is 468 g/mol. The SMILES string of the molecule is Cc1cc(C)c2c(c1)c1ccc(Oc3cccc(C4=CN(C)C5=CC=CCN45)c3)cc1n2-c1ccccn1. The number of fused-ring (bicyclic) bond motifs is 4. The average Bonchev–Trinajstić information content (AvgIpc) is 3.44. The average molecular weight is 497 g/mol. The van der Waals surface area contributed by atoms with Gasteiger partial charge in [0.15, 0.2) is 0 Å². The Labute approximate surface area is 222 Å². The fourth-order valence-electron chi connectivity index (χ4n) is 5.73. The second-order valence-electron chi connectivity index (χ2n) is 10.00. The molecule has 2 aromatic heterocycles. The van der Waals surface area contributed by atoms with E-state index in [1.54, 1.807) is 0 Å². The number of ether oxygens (including phenoxy) is 1. The molecule has 5 nitrogen and oxygen atoms in total. The van der Waals surface area contributed by atoms with Gasteiger partial charge in [-0.25, -0.2) is 4.98 Å². The van der Waals surface area contributed by atoms with Gasteiger partial charge in [0.05, 0.1) is 16.7 Å². The van der Waals surface area contributed by atoms with Gasteiger partial charge in [-0.05, 0) is 68.0 Å². The summed E-state index contributed by atoms with van der Waals surface area (Å²) in [7, 11) is 2.09. The molecule has 38 heavy (non-hydrogen) atoms. The summed E-state index contributed by atoms with van der Waals surface area (Å²) in [5, 5.41) is 2.42. The van der Waals surface area contributed by atoms with Crippen molar-refractivity contribution >= 4 is 27.5 Å². The van der Waals surface area contributed by atoms with E-state index in [0.29, 0.717) is 0 Å². The molecule has 0 N–H and O–H groups in total. The first-order valence-corrected chi connectivity index (χ1v) is 12.9. The first-order valence-electron chi connectivity index (χ1n) is 12.9. The molecular formula is C33H28N4O. The minimum atomic E-state index is 0.794. The summed E-state index contributed by atoms with van der Waals surface area (Å²) in [6.07, 6.45) is 10.5. The molecule has 0 fully saturated rings. The lowest BCUT2D eigenvalue weighted by Gasteiger charge is -2.26. The highest BCUT2D eigenvalue weighted by Crippen LogP contribution is 2.38. The van der Waals surface area contributed by atoms with Crippen LogP contribution in [0.4, 0.5) is 0 Å². The van der Waals surface area contributed by atoms with E-state index in [2.05, 4.69) is 114 Å². The Hall–Kier alpha value is -4.77. The van der Waals surface area contributed by atoms with Crippen molar-refractivity contribution in [3.8, 4) is 17.3 Å². The molecule has 0 atom stereocenters. The number of pyridine rings is 1. The summed E-state index contributed by atoms with van der Waals surface area (Å²) in [5.74, 6) is 3.69. The molecule has 186 valence electrons. The number of aryl methyl sites for hydroxylation is 2. The van der Waals surface area contributed by atoms with Crippen LogP contribution in [0.25, 0.3) is 33.3 Å². The molecule has 0 spiro atoms. The molecule has 0 radical (unpaired) electrons. The monoisotopic (exact) mass is 496 g/mol. The standard InChI is InChI=1S/C33H28N4O/c1-22-17-23(2)33-28(18-22)27-14-13-26(20-29(27)37(33)31-11-4-6-15-34-31)38-25-10-8-9-24(19-25)30-21-35(3)32-12-5-7-16-36(30)32/h4-15,17-21H,16H2,1-3H3. The van der Waals surface area contributed by atoms with Crippen molar-refractivity contribution in [3.63, 3.8) is 0 Å². The predicted molar refractivity (Wildman–Crippen MR) is 154 cm³/mol. The van der Waals surface area contributed by atoms with Crippen molar-refractivity contribution in [2.45, 2.75) is 13.8 Å². The topological polar surface area (TPSA) is 33.5 Å². The third-order valence-corrected chi connectivity index (χ3v) is 7.33. The second kappa shape index (κ2) is 8.67. The third-order valence-electron chi connectivity index (χ3n) is 7.33. The van der Waals surface area contributed by atoms with Crippen LogP contribution in [0.1, 0.15) is 16.7 Å². The maximum Gasteiger partial charge on any atom is 0.137 e. The van der Waals surface area contributed by atoms with Crippen molar-refractivity contribution in [3.05, 3.63) is 126 Å². The van der Waals surface area contributed by atoms with Crippen molar-refractivity contribution < 1.29 is 4.74 Å². The highest BCUT2D eigenvalue weighted by Gasteiger charge is 2.26. The van der Waals surface area contributed by atoms with E-state index in [1.165, 1.54) is 38.9 Å². The van der Waals surface area contributed by atoms with Gasteiger partial charge in [-0.3, -0.25) is 4.57 Å². The summed E-state index contributed by atoms with van der Waals surface area (Å²) in [6.45, 7) is 5.18. The van der Waals surface area contributed by atoms with E-state index in [-0.39, 0.29) is 0 Å². The predicted octanol–water partition coefficient (Wildman–Crippen LogP) is 7.54. The molecule has 0 unspecified atom stereocenters.